The lowest BCUT2D eigenvalue weighted by Gasteiger charge is -2.30. The van der Waals surface area contributed by atoms with Crippen molar-refractivity contribution in [3.63, 3.8) is 0 Å². The summed E-state index contributed by atoms with van der Waals surface area (Å²) in [6, 6.07) is 0.129. The van der Waals surface area contributed by atoms with Gasteiger partial charge in [-0.15, -0.1) is 0 Å². The lowest BCUT2D eigenvalue weighted by atomic mass is 9.85. The van der Waals surface area contributed by atoms with E-state index in [9.17, 15) is 9.90 Å². The number of carbonyl (C=O) groups excluding carboxylic acids is 1. The lowest BCUT2D eigenvalue weighted by molar-refractivity contribution is 0.0860. The molecule has 22 heavy (non-hydrogen) atoms. The summed E-state index contributed by atoms with van der Waals surface area (Å²) in [7, 11) is 0. The highest BCUT2D eigenvalue weighted by Gasteiger charge is 2.47. The van der Waals surface area contributed by atoms with Gasteiger partial charge in [0.15, 0.2) is 0 Å². The van der Waals surface area contributed by atoms with Crippen LogP contribution in [-0.2, 0) is 6.54 Å². The van der Waals surface area contributed by atoms with Gasteiger partial charge in [0.05, 0.1) is 11.8 Å². The van der Waals surface area contributed by atoms with Gasteiger partial charge in [-0.1, -0.05) is 13.8 Å². The Balaban J connectivity index is 1.71. The van der Waals surface area contributed by atoms with E-state index in [1.807, 2.05) is 11.6 Å². The van der Waals surface area contributed by atoms with Crippen LogP contribution in [0.25, 0.3) is 0 Å². The number of aliphatic hydroxyl groups is 1. The van der Waals surface area contributed by atoms with Crippen LogP contribution >= 0.6 is 0 Å². The van der Waals surface area contributed by atoms with Crippen LogP contribution in [0.3, 0.4) is 0 Å². The molecule has 4 unspecified atom stereocenters. The van der Waals surface area contributed by atoms with Gasteiger partial charge in [-0.3, -0.25) is 9.48 Å². The minimum Gasteiger partial charge on any atom is -0.396 e. The van der Waals surface area contributed by atoms with Gasteiger partial charge in [-0.05, 0) is 43.9 Å². The van der Waals surface area contributed by atoms with Crippen LogP contribution < -0.4 is 5.32 Å². The number of hydrogen-bond donors (Lipinski definition) is 2. The van der Waals surface area contributed by atoms with Crippen molar-refractivity contribution in [2.45, 2.75) is 52.6 Å². The molecule has 0 aliphatic heterocycles. The Kier molecular flexibility index (Phi) is 4.26. The van der Waals surface area contributed by atoms with Crippen LogP contribution in [0.1, 0.15) is 49.2 Å². The molecule has 3 rings (SSSR count). The predicted octanol–water partition coefficient (Wildman–Crippen LogP) is 1.98. The molecule has 1 aromatic heterocycles. The standard InChI is InChI=1S/C17H27N3O2/c1-10(2)8-20-11(3)14(7-18-20)17(22)19-16-13-5-4-12(6-13)15(16)9-21/h7,10,12-13,15-16,21H,4-6,8-9H2,1-3H3,(H,19,22). The molecule has 2 N–H and O–H groups in total. The maximum Gasteiger partial charge on any atom is 0.254 e. The van der Waals surface area contributed by atoms with E-state index in [4.69, 9.17) is 0 Å². The molecule has 122 valence electrons. The summed E-state index contributed by atoms with van der Waals surface area (Å²) >= 11 is 0. The average molecular weight is 305 g/mol. The Morgan fingerprint density at radius 1 is 1.45 bits per heavy atom. The normalized spacial score (nSPS) is 30.2. The minimum absolute atomic E-state index is 0.0384. The highest BCUT2D eigenvalue weighted by molar-refractivity contribution is 5.95. The summed E-state index contributed by atoms with van der Waals surface area (Å²) in [5.74, 6) is 1.82. The van der Waals surface area contributed by atoms with Gasteiger partial charge < -0.3 is 10.4 Å². The van der Waals surface area contributed by atoms with Crippen molar-refractivity contribution in [2.75, 3.05) is 6.61 Å². The van der Waals surface area contributed by atoms with E-state index in [1.54, 1.807) is 6.20 Å². The molecule has 1 amide bonds. The van der Waals surface area contributed by atoms with Crippen LogP contribution in [-0.4, -0.2) is 33.4 Å². The average Bonchev–Trinajstić information content (AvgIpc) is 3.14. The Morgan fingerprint density at radius 2 is 2.18 bits per heavy atom. The number of aromatic nitrogens is 2. The molecule has 2 aliphatic rings. The van der Waals surface area contributed by atoms with Gasteiger partial charge in [0.25, 0.3) is 5.91 Å². The molecule has 0 radical (unpaired) electrons. The van der Waals surface area contributed by atoms with Crippen LogP contribution in [0, 0.1) is 30.6 Å². The number of hydrogen-bond acceptors (Lipinski definition) is 3. The monoisotopic (exact) mass is 305 g/mol. The number of rotatable bonds is 5. The zero-order chi connectivity index (χ0) is 15.9. The Labute approximate surface area is 132 Å². The van der Waals surface area contributed by atoms with Gasteiger partial charge in [-0.2, -0.15) is 5.10 Å². The van der Waals surface area contributed by atoms with Gasteiger partial charge in [0, 0.05) is 30.8 Å². The second kappa shape index (κ2) is 6.03. The second-order valence-electron chi connectivity index (χ2n) is 7.40. The number of aliphatic hydroxyl groups excluding tert-OH is 1. The number of nitrogens with zero attached hydrogens (tertiary/aromatic N) is 2. The topological polar surface area (TPSA) is 67.2 Å². The first kappa shape index (κ1) is 15.5. The lowest BCUT2D eigenvalue weighted by Crippen LogP contribution is -2.45. The summed E-state index contributed by atoms with van der Waals surface area (Å²) < 4.78 is 1.91. The molecule has 0 aromatic carbocycles. The zero-order valence-corrected chi connectivity index (χ0v) is 13.7. The van der Waals surface area contributed by atoms with Gasteiger partial charge in [0.1, 0.15) is 0 Å². The van der Waals surface area contributed by atoms with E-state index in [0.717, 1.165) is 18.7 Å². The molecule has 0 spiro atoms. The summed E-state index contributed by atoms with van der Waals surface area (Å²) in [6.07, 6.45) is 5.21. The third-order valence-corrected chi connectivity index (χ3v) is 5.48. The van der Waals surface area contributed by atoms with Gasteiger partial charge in [-0.25, -0.2) is 0 Å². The maximum atomic E-state index is 12.6. The maximum absolute atomic E-state index is 12.6. The van der Waals surface area contributed by atoms with E-state index in [2.05, 4.69) is 24.3 Å². The van der Waals surface area contributed by atoms with E-state index in [0.29, 0.717) is 23.3 Å². The van der Waals surface area contributed by atoms with Crippen LogP contribution in [0.2, 0.25) is 0 Å². The number of amides is 1. The number of carbonyl (C=O) groups is 1. The molecule has 4 atom stereocenters. The molecule has 1 aromatic rings. The zero-order valence-electron chi connectivity index (χ0n) is 13.7. The summed E-state index contributed by atoms with van der Waals surface area (Å²) in [5, 5.41) is 17.2. The molecule has 2 bridgehead atoms. The Hall–Kier alpha value is -1.36. The van der Waals surface area contributed by atoms with Crippen molar-refractivity contribution < 1.29 is 9.90 Å². The second-order valence-corrected chi connectivity index (χ2v) is 7.40. The van der Waals surface area contributed by atoms with E-state index < -0.39 is 0 Å². The Morgan fingerprint density at radius 3 is 2.86 bits per heavy atom. The van der Waals surface area contributed by atoms with Crippen molar-refractivity contribution in [1.82, 2.24) is 15.1 Å². The van der Waals surface area contributed by atoms with Crippen LogP contribution in [0.15, 0.2) is 6.20 Å². The fourth-order valence-electron chi connectivity index (χ4n) is 4.33. The molecular weight excluding hydrogens is 278 g/mol. The van der Waals surface area contributed by atoms with E-state index in [-0.39, 0.29) is 24.5 Å². The first-order valence-corrected chi connectivity index (χ1v) is 8.45. The van der Waals surface area contributed by atoms with Crippen LogP contribution in [0.5, 0.6) is 0 Å². The van der Waals surface area contributed by atoms with Crippen molar-refractivity contribution >= 4 is 5.91 Å². The SMILES string of the molecule is Cc1c(C(=O)NC2C3CCC(C3)C2CO)cnn1CC(C)C. The number of nitrogens with one attached hydrogen (secondary N) is 1. The minimum atomic E-state index is -0.0384. The van der Waals surface area contributed by atoms with Crippen molar-refractivity contribution in [3.05, 3.63) is 17.5 Å². The summed E-state index contributed by atoms with van der Waals surface area (Å²) in [6.45, 7) is 7.24. The summed E-state index contributed by atoms with van der Waals surface area (Å²) in [4.78, 5) is 12.6. The van der Waals surface area contributed by atoms with Gasteiger partial charge in [0.2, 0.25) is 0 Å². The predicted molar refractivity (Wildman–Crippen MR) is 84.5 cm³/mol. The third kappa shape index (κ3) is 2.67. The Bertz CT molecular complexity index is 552. The fraction of sp³-hybridized carbons (Fsp3) is 0.765. The molecule has 2 fully saturated rings. The first-order valence-electron chi connectivity index (χ1n) is 8.45. The molecule has 0 saturated heterocycles. The van der Waals surface area contributed by atoms with E-state index in [1.165, 1.54) is 12.8 Å². The fourth-order valence-corrected chi connectivity index (χ4v) is 4.33. The third-order valence-electron chi connectivity index (χ3n) is 5.48. The number of fused-ring (bicyclic) bond motifs is 2. The van der Waals surface area contributed by atoms with Gasteiger partial charge >= 0.3 is 0 Å². The largest absolute Gasteiger partial charge is 0.396 e. The molecule has 2 saturated carbocycles. The molecule has 1 heterocycles. The van der Waals surface area contributed by atoms with E-state index >= 15 is 0 Å². The highest BCUT2D eigenvalue weighted by atomic mass is 16.3. The van der Waals surface area contributed by atoms with Crippen molar-refractivity contribution in [2.24, 2.45) is 23.7 Å². The highest BCUT2D eigenvalue weighted by Crippen LogP contribution is 2.48. The smallest absolute Gasteiger partial charge is 0.254 e. The van der Waals surface area contributed by atoms with Crippen LogP contribution in [0.4, 0.5) is 0 Å². The quantitative estimate of drug-likeness (QED) is 0.874. The van der Waals surface area contributed by atoms with Crippen molar-refractivity contribution in [3.8, 4) is 0 Å². The first-order chi connectivity index (χ1) is 10.5. The molecule has 5 nitrogen and oxygen atoms in total. The summed E-state index contributed by atoms with van der Waals surface area (Å²) in [5.41, 5.74) is 1.59. The molecule has 2 aliphatic carbocycles. The molecular formula is C17H27N3O2. The van der Waals surface area contributed by atoms with Crippen molar-refractivity contribution in [1.29, 1.82) is 0 Å². The molecule has 5 heteroatoms.